The molecule has 6 nitrogen and oxygen atoms in total. The van der Waals surface area contributed by atoms with Gasteiger partial charge in [0, 0.05) is 24.1 Å². The normalized spacial score (nSPS) is 10.1. The standard InChI is InChI=1S/C10H10N4O2/c1-6-4-9(14-16-6)13-10(15)7-5-12-3-2-8(7)11/h2-5H,1H3,(H2,11,12)(H,13,14,15). The van der Waals surface area contributed by atoms with Gasteiger partial charge in [0.2, 0.25) is 0 Å². The Labute approximate surface area is 91.5 Å². The second kappa shape index (κ2) is 4.01. The highest BCUT2D eigenvalue weighted by atomic mass is 16.5. The molecule has 6 heteroatoms. The first-order valence-corrected chi connectivity index (χ1v) is 4.61. The molecule has 2 aromatic rings. The molecule has 0 aromatic carbocycles. The Kier molecular flexibility index (Phi) is 2.55. The number of aryl methyl sites for hydroxylation is 1. The molecule has 0 saturated heterocycles. The number of carbonyl (C=O) groups excluding carboxylic acids is 1. The predicted octanol–water partition coefficient (Wildman–Crippen LogP) is 1.21. The van der Waals surface area contributed by atoms with Crippen molar-refractivity contribution in [2.75, 3.05) is 11.1 Å². The van der Waals surface area contributed by atoms with Crippen LogP contribution in [0.3, 0.4) is 0 Å². The summed E-state index contributed by atoms with van der Waals surface area (Å²) in [7, 11) is 0. The molecule has 0 spiro atoms. The number of hydrogen-bond donors (Lipinski definition) is 2. The van der Waals surface area contributed by atoms with Crippen LogP contribution in [0.2, 0.25) is 0 Å². The summed E-state index contributed by atoms with van der Waals surface area (Å²) in [6, 6.07) is 3.17. The van der Waals surface area contributed by atoms with Crippen LogP contribution in [-0.4, -0.2) is 16.0 Å². The second-order valence-corrected chi connectivity index (χ2v) is 3.24. The fourth-order valence-corrected chi connectivity index (χ4v) is 1.20. The van der Waals surface area contributed by atoms with E-state index >= 15 is 0 Å². The number of nitrogens with two attached hydrogens (primary N) is 1. The first-order chi connectivity index (χ1) is 7.66. The van der Waals surface area contributed by atoms with Gasteiger partial charge in [0.05, 0.1) is 5.56 Å². The third kappa shape index (κ3) is 2.00. The number of amides is 1. The van der Waals surface area contributed by atoms with Crippen molar-refractivity contribution in [3.05, 3.63) is 35.9 Å². The lowest BCUT2D eigenvalue weighted by atomic mass is 10.2. The SMILES string of the molecule is Cc1cc(NC(=O)c2cnccc2N)no1. The molecule has 2 rings (SSSR count). The van der Waals surface area contributed by atoms with Gasteiger partial charge in [-0.05, 0) is 13.0 Å². The van der Waals surface area contributed by atoms with Gasteiger partial charge in [-0.15, -0.1) is 0 Å². The number of nitrogens with zero attached hydrogens (tertiary/aromatic N) is 2. The smallest absolute Gasteiger partial charge is 0.260 e. The molecule has 0 aliphatic rings. The van der Waals surface area contributed by atoms with E-state index in [0.717, 1.165) is 0 Å². The molecule has 0 radical (unpaired) electrons. The number of carbonyl (C=O) groups is 1. The lowest BCUT2D eigenvalue weighted by Crippen LogP contribution is -2.14. The van der Waals surface area contributed by atoms with Gasteiger partial charge in [0.25, 0.3) is 5.91 Å². The maximum absolute atomic E-state index is 11.7. The average Bonchev–Trinajstić information content (AvgIpc) is 2.64. The van der Waals surface area contributed by atoms with Crippen molar-refractivity contribution in [2.24, 2.45) is 0 Å². The van der Waals surface area contributed by atoms with Crippen molar-refractivity contribution >= 4 is 17.4 Å². The Morgan fingerprint density at radius 2 is 2.38 bits per heavy atom. The molecule has 0 aliphatic carbocycles. The van der Waals surface area contributed by atoms with E-state index in [1.165, 1.54) is 12.4 Å². The topological polar surface area (TPSA) is 94.0 Å². The van der Waals surface area contributed by atoms with Crippen LogP contribution in [0, 0.1) is 6.92 Å². The van der Waals surface area contributed by atoms with Crippen LogP contribution >= 0.6 is 0 Å². The molecular weight excluding hydrogens is 208 g/mol. The largest absolute Gasteiger partial charge is 0.398 e. The Hall–Kier alpha value is -2.37. The summed E-state index contributed by atoms with van der Waals surface area (Å²) in [5.41, 5.74) is 6.31. The first kappa shape index (κ1) is 10.2. The predicted molar refractivity (Wildman–Crippen MR) is 57.8 cm³/mol. The van der Waals surface area contributed by atoms with Crippen LogP contribution in [0.5, 0.6) is 0 Å². The minimum absolute atomic E-state index is 0.308. The molecule has 1 amide bonds. The average molecular weight is 218 g/mol. The number of anilines is 2. The maximum atomic E-state index is 11.7. The summed E-state index contributed by atoms with van der Waals surface area (Å²) in [6.45, 7) is 1.74. The van der Waals surface area contributed by atoms with Crippen LogP contribution in [0.4, 0.5) is 11.5 Å². The summed E-state index contributed by atoms with van der Waals surface area (Å²) in [5.74, 6) is 0.610. The fourth-order valence-electron chi connectivity index (χ4n) is 1.20. The van der Waals surface area contributed by atoms with E-state index in [1.807, 2.05) is 0 Å². The van der Waals surface area contributed by atoms with E-state index in [1.54, 1.807) is 19.1 Å². The van der Waals surface area contributed by atoms with Crippen molar-refractivity contribution in [3.63, 3.8) is 0 Å². The molecule has 0 fully saturated rings. The van der Waals surface area contributed by atoms with Crippen molar-refractivity contribution in [1.29, 1.82) is 0 Å². The van der Waals surface area contributed by atoms with Crippen LogP contribution in [0.25, 0.3) is 0 Å². The molecule has 0 bridgehead atoms. The zero-order chi connectivity index (χ0) is 11.5. The molecule has 0 unspecified atom stereocenters. The van der Waals surface area contributed by atoms with E-state index in [-0.39, 0.29) is 5.91 Å². The molecule has 2 heterocycles. The number of pyridine rings is 1. The zero-order valence-corrected chi connectivity index (χ0v) is 8.60. The third-order valence-corrected chi connectivity index (χ3v) is 1.97. The molecule has 2 aromatic heterocycles. The van der Waals surface area contributed by atoms with Gasteiger partial charge in [0.15, 0.2) is 5.82 Å². The molecule has 0 atom stereocenters. The lowest BCUT2D eigenvalue weighted by molar-refractivity contribution is 0.102. The number of rotatable bonds is 2. The lowest BCUT2D eigenvalue weighted by Gasteiger charge is -2.03. The molecule has 0 saturated carbocycles. The quantitative estimate of drug-likeness (QED) is 0.790. The summed E-state index contributed by atoms with van der Waals surface area (Å²) >= 11 is 0. The van der Waals surface area contributed by atoms with Crippen LogP contribution < -0.4 is 11.1 Å². The second-order valence-electron chi connectivity index (χ2n) is 3.24. The van der Waals surface area contributed by atoms with Crippen molar-refractivity contribution in [2.45, 2.75) is 6.92 Å². The third-order valence-electron chi connectivity index (χ3n) is 1.97. The molecule has 0 aliphatic heterocycles. The van der Waals surface area contributed by atoms with Crippen LogP contribution in [-0.2, 0) is 0 Å². The fraction of sp³-hybridized carbons (Fsp3) is 0.100. The first-order valence-electron chi connectivity index (χ1n) is 4.61. The Bertz CT molecular complexity index is 521. The van der Waals surface area contributed by atoms with E-state index < -0.39 is 0 Å². The van der Waals surface area contributed by atoms with Gasteiger partial charge in [-0.3, -0.25) is 9.78 Å². The zero-order valence-electron chi connectivity index (χ0n) is 8.60. The minimum atomic E-state index is -0.362. The van der Waals surface area contributed by atoms with Crippen LogP contribution in [0.1, 0.15) is 16.1 Å². The number of nitrogens with one attached hydrogen (secondary N) is 1. The molecule has 16 heavy (non-hydrogen) atoms. The highest BCUT2D eigenvalue weighted by molar-refractivity contribution is 6.06. The summed E-state index contributed by atoms with van der Waals surface area (Å²) in [6.07, 6.45) is 2.92. The maximum Gasteiger partial charge on any atom is 0.260 e. The highest BCUT2D eigenvalue weighted by Crippen LogP contribution is 2.12. The van der Waals surface area contributed by atoms with Crippen molar-refractivity contribution < 1.29 is 9.32 Å². The van der Waals surface area contributed by atoms with E-state index in [0.29, 0.717) is 22.8 Å². The van der Waals surface area contributed by atoms with E-state index in [2.05, 4.69) is 15.5 Å². The van der Waals surface area contributed by atoms with E-state index in [9.17, 15) is 4.79 Å². The van der Waals surface area contributed by atoms with Crippen molar-refractivity contribution in [3.8, 4) is 0 Å². The molecule has 3 N–H and O–H groups in total. The Morgan fingerprint density at radius 3 is 3.00 bits per heavy atom. The summed E-state index contributed by atoms with van der Waals surface area (Å²) < 4.78 is 4.82. The number of aromatic nitrogens is 2. The van der Waals surface area contributed by atoms with Gasteiger partial charge in [-0.25, -0.2) is 0 Å². The monoisotopic (exact) mass is 218 g/mol. The Balaban J connectivity index is 2.18. The van der Waals surface area contributed by atoms with Gasteiger partial charge in [-0.1, -0.05) is 5.16 Å². The Morgan fingerprint density at radius 1 is 1.56 bits per heavy atom. The van der Waals surface area contributed by atoms with Crippen molar-refractivity contribution in [1.82, 2.24) is 10.1 Å². The highest BCUT2D eigenvalue weighted by Gasteiger charge is 2.11. The van der Waals surface area contributed by atoms with Crippen LogP contribution in [0.15, 0.2) is 29.0 Å². The minimum Gasteiger partial charge on any atom is -0.398 e. The van der Waals surface area contributed by atoms with Gasteiger partial charge >= 0.3 is 0 Å². The van der Waals surface area contributed by atoms with Gasteiger partial charge in [-0.2, -0.15) is 0 Å². The number of nitrogen functional groups attached to an aromatic ring is 1. The summed E-state index contributed by atoms with van der Waals surface area (Å²) in [5, 5.41) is 6.20. The van der Waals surface area contributed by atoms with E-state index in [4.69, 9.17) is 10.3 Å². The number of hydrogen-bond acceptors (Lipinski definition) is 5. The molecule has 82 valence electrons. The van der Waals surface area contributed by atoms with Gasteiger partial charge in [0.1, 0.15) is 5.76 Å². The van der Waals surface area contributed by atoms with Gasteiger partial charge < -0.3 is 15.6 Å². The molecular formula is C10H10N4O2. The summed E-state index contributed by atoms with van der Waals surface area (Å²) in [4.78, 5) is 15.6.